The molecule has 0 spiro atoms. The molecule has 0 atom stereocenters. The smallest absolute Gasteiger partial charge is 0.111 e. The maximum atomic E-state index is 8.74. The van der Waals surface area contributed by atoms with Gasteiger partial charge in [0.1, 0.15) is 6.54 Å². The minimum absolute atomic E-state index is 0.0367. The van der Waals surface area contributed by atoms with E-state index in [0.29, 0.717) is 0 Å². The van der Waals surface area contributed by atoms with E-state index < -0.39 is 0 Å². The van der Waals surface area contributed by atoms with E-state index in [1.54, 1.807) is 0 Å². The lowest BCUT2D eigenvalue weighted by atomic mass is 10.4. The van der Waals surface area contributed by atoms with Crippen molar-refractivity contribution in [1.29, 1.82) is 5.26 Å². The summed E-state index contributed by atoms with van der Waals surface area (Å²) in [5, 5.41) is 17.8. The summed E-state index contributed by atoms with van der Waals surface area (Å²) in [6.45, 7) is 3.71. The zero-order chi connectivity index (χ0) is 6.57. The second-order valence-electron chi connectivity index (χ2n) is 1.85. The van der Waals surface area contributed by atoms with Crippen molar-refractivity contribution < 1.29 is 5.21 Å². The molecule has 0 saturated heterocycles. The van der Waals surface area contributed by atoms with Crippen molar-refractivity contribution in [1.82, 2.24) is 5.06 Å². The third kappa shape index (κ3) is 2.56. The maximum absolute atomic E-state index is 8.74. The summed E-state index contributed by atoms with van der Waals surface area (Å²) >= 11 is 0. The highest BCUT2D eigenvalue weighted by Crippen LogP contribution is 1.88. The molecule has 46 valence electrons. The molecule has 3 nitrogen and oxygen atoms in total. The number of rotatable bonds is 2. The van der Waals surface area contributed by atoms with Gasteiger partial charge in [-0.3, -0.25) is 0 Å². The normalized spacial score (nSPS) is 10.0. The summed E-state index contributed by atoms with van der Waals surface area (Å²) in [5.74, 6) is 0. The standard InChI is InChI=1S/C5H10N2O/c1-5(2)7(8)4-3-6/h5,8H,4H2,1-2H3. The number of hydrogen-bond acceptors (Lipinski definition) is 3. The quantitative estimate of drug-likeness (QED) is 0.422. The number of nitrogens with zero attached hydrogens (tertiary/aromatic N) is 2. The van der Waals surface area contributed by atoms with Gasteiger partial charge in [0.05, 0.1) is 6.07 Å². The van der Waals surface area contributed by atoms with E-state index in [-0.39, 0.29) is 12.6 Å². The molecule has 0 amide bonds. The minimum atomic E-state index is 0.0367. The van der Waals surface area contributed by atoms with E-state index in [4.69, 9.17) is 10.5 Å². The predicted molar refractivity (Wildman–Crippen MR) is 29.2 cm³/mol. The van der Waals surface area contributed by atoms with Gasteiger partial charge < -0.3 is 5.21 Å². The van der Waals surface area contributed by atoms with Crippen molar-refractivity contribution in [3.05, 3.63) is 0 Å². The van der Waals surface area contributed by atoms with Crippen LogP contribution < -0.4 is 0 Å². The predicted octanol–water partition coefficient (Wildman–Crippen LogP) is 0.610. The van der Waals surface area contributed by atoms with Crippen molar-refractivity contribution >= 4 is 0 Å². The van der Waals surface area contributed by atoms with Gasteiger partial charge in [-0.1, -0.05) is 0 Å². The van der Waals surface area contributed by atoms with Crippen molar-refractivity contribution in [2.75, 3.05) is 6.54 Å². The summed E-state index contributed by atoms with van der Waals surface area (Å²) in [4.78, 5) is 0. The van der Waals surface area contributed by atoms with Crippen LogP contribution in [0.1, 0.15) is 13.8 Å². The Balaban J connectivity index is 3.35. The van der Waals surface area contributed by atoms with Crippen LogP contribution >= 0.6 is 0 Å². The molecule has 0 unspecified atom stereocenters. The second-order valence-corrected chi connectivity index (χ2v) is 1.85. The summed E-state index contributed by atoms with van der Waals surface area (Å²) in [5.41, 5.74) is 0. The average Bonchev–Trinajstić information content (AvgIpc) is 1.67. The van der Waals surface area contributed by atoms with Crippen molar-refractivity contribution in [3.8, 4) is 6.07 Å². The van der Waals surface area contributed by atoms with Crippen LogP contribution in [0.2, 0.25) is 0 Å². The van der Waals surface area contributed by atoms with Crippen LogP contribution in [0.3, 0.4) is 0 Å². The van der Waals surface area contributed by atoms with Crippen LogP contribution in [0.25, 0.3) is 0 Å². The number of hydroxylamine groups is 2. The van der Waals surface area contributed by atoms with Crippen molar-refractivity contribution in [2.24, 2.45) is 0 Å². The van der Waals surface area contributed by atoms with Crippen LogP contribution in [-0.2, 0) is 0 Å². The van der Waals surface area contributed by atoms with Crippen LogP contribution in [0.5, 0.6) is 0 Å². The van der Waals surface area contributed by atoms with E-state index in [0.717, 1.165) is 5.06 Å². The van der Waals surface area contributed by atoms with E-state index in [2.05, 4.69) is 0 Å². The number of nitriles is 1. The average molecular weight is 114 g/mol. The Morgan fingerprint density at radius 3 is 2.38 bits per heavy atom. The third-order valence-corrected chi connectivity index (χ3v) is 0.829. The molecule has 0 fully saturated rings. The van der Waals surface area contributed by atoms with Gasteiger partial charge in [0.25, 0.3) is 0 Å². The summed E-state index contributed by atoms with van der Waals surface area (Å²) in [7, 11) is 0. The van der Waals surface area contributed by atoms with Crippen molar-refractivity contribution in [3.63, 3.8) is 0 Å². The molecule has 0 bridgehead atoms. The first-order valence-corrected chi connectivity index (χ1v) is 2.51. The first-order valence-electron chi connectivity index (χ1n) is 2.51. The second kappa shape index (κ2) is 3.42. The molecule has 0 aromatic carbocycles. The van der Waals surface area contributed by atoms with Crippen LogP contribution in [0.4, 0.5) is 0 Å². The fraction of sp³-hybridized carbons (Fsp3) is 0.800. The molecule has 0 heterocycles. The topological polar surface area (TPSA) is 47.3 Å². The SMILES string of the molecule is CC(C)N(O)CC#N. The molecule has 3 heteroatoms. The highest BCUT2D eigenvalue weighted by molar-refractivity contribution is 4.72. The van der Waals surface area contributed by atoms with E-state index in [9.17, 15) is 0 Å². The zero-order valence-corrected chi connectivity index (χ0v) is 5.13. The Bertz CT molecular complexity index is 95.1. The van der Waals surface area contributed by atoms with Gasteiger partial charge in [0.15, 0.2) is 0 Å². The van der Waals surface area contributed by atoms with Gasteiger partial charge in [0, 0.05) is 6.04 Å². The fourth-order valence-corrected chi connectivity index (χ4v) is 0.255. The molecule has 0 radical (unpaired) electrons. The molecular formula is C5H10N2O. The Labute approximate surface area is 49.1 Å². The Morgan fingerprint density at radius 1 is 1.75 bits per heavy atom. The van der Waals surface area contributed by atoms with E-state index >= 15 is 0 Å². The van der Waals surface area contributed by atoms with Crippen LogP contribution in [0, 0.1) is 11.3 Å². The van der Waals surface area contributed by atoms with E-state index in [1.807, 2.05) is 19.9 Å². The van der Waals surface area contributed by atoms with Crippen molar-refractivity contribution in [2.45, 2.75) is 19.9 Å². The number of hydrogen-bond donors (Lipinski definition) is 1. The van der Waals surface area contributed by atoms with Gasteiger partial charge in [-0.05, 0) is 13.8 Å². The summed E-state index contributed by atoms with van der Waals surface area (Å²) in [6.07, 6.45) is 0. The van der Waals surface area contributed by atoms with E-state index in [1.165, 1.54) is 0 Å². The first-order chi connectivity index (χ1) is 3.68. The third-order valence-electron chi connectivity index (χ3n) is 0.829. The first kappa shape index (κ1) is 7.41. The molecular weight excluding hydrogens is 104 g/mol. The molecule has 0 aromatic rings. The molecule has 8 heavy (non-hydrogen) atoms. The Morgan fingerprint density at radius 2 is 2.25 bits per heavy atom. The van der Waals surface area contributed by atoms with Gasteiger partial charge in [-0.2, -0.15) is 10.3 Å². The Kier molecular flexibility index (Phi) is 3.16. The summed E-state index contributed by atoms with van der Waals surface area (Å²) in [6, 6.07) is 1.86. The maximum Gasteiger partial charge on any atom is 0.111 e. The molecule has 0 aliphatic rings. The highest BCUT2D eigenvalue weighted by atomic mass is 16.5. The van der Waals surface area contributed by atoms with Gasteiger partial charge in [0.2, 0.25) is 0 Å². The molecule has 0 aliphatic carbocycles. The van der Waals surface area contributed by atoms with Crippen LogP contribution in [-0.4, -0.2) is 22.9 Å². The largest absolute Gasteiger partial charge is 0.313 e. The van der Waals surface area contributed by atoms with Crippen LogP contribution in [0.15, 0.2) is 0 Å². The lowest BCUT2D eigenvalue weighted by Gasteiger charge is -2.13. The minimum Gasteiger partial charge on any atom is -0.313 e. The highest BCUT2D eigenvalue weighted by Gasteiger charge is 2.01. The molecule has 0 aliphatic heterocycles. The van der Waals surface area contributed by atoms with Gasteiger partial charge in [-0.25, -0.2) is 0 Å². The molecule has 0 aromatic heterocycles. The zero-order valence-electron chi connectivity index (χ0n) is 5.13. The molecule has 0 saturated carbocycles. The van der Waals surface area contributed by atoms with Gasteiger partial charge in [-0.15, -0.1) is 0 Å². The fourth-order valence-electron chi connectivity index (χ4n) is 0.255. The lowest BCUT2D eigenvalue weighted by Crippen LogP contribution is -2.26. The molecule has 0 rings (SSSR count). The monoisotopic (exact) mass is 114 g/mol. The van der Waals surface area contributed by atoms with Gasteiger partial charge >= 0.3 is 0 Å². The lowest BCUT2D eigenvalue weighted by molar-refractivity contribution is -0.105. The molecule has 1 N–H and O–H groups in total. The summed E-state index contributed by atoms with van der Waals surface area (Å²) < 4.78 is 0. The Hall–Kier alpha value is -0.590.